The SMILES string of the molecule is Cc1cc(Cl)nc(N2CCN(S(=O)(=O)c3ccc(OC(C)(C)C)cc3)CC2)n1. The standard InChI is InChI=1S/C19H25ClN4O3S/c1-14-13-17(20)22-18(21-14)23-9-11-24(12-10-23)28(25,26)16-7-5-15(6-8-16)27-19(2,3)4/h5-8,13H,9-12H2,1-4H3. The van der Waals surface area contributed by atoms with Crippen LogP contribution in [0.15, 0.2) is 35.2 Å². The van der Waals surface area contributed by atoms with Crippen LogP contribution in [-0.4, -0.2) is 54.5 Å². The zero-order chi connectivity index (χ0) is 20.5. The molecule has 0 spiro atoms. The van der Waals surface area contributed by atoms with Crippen LogP contribution in [-0.2, 0) is 10.0 Å². The molecule has 1 aromatic heterocycles. The normalized spacial score (nSPS) is 16.2. The molecule has 1 aromatic carbocycles. The number of hydrogen-bond donors (Lipinski definition) is 0. The first-order valence-electron chi connectivity index (χ1n) is 9.10. The average Bonchev–Trinajstić information content (AvgIpc) is 2.60. The third-order valence-electron chi connectivity index (χ3n) is 4.22. The Balaban J connectivity index is 1.69. The van der Waals surface area contributed by atoms with Gasteiger partial charge in [0.15, 0.2) is 0 Å². The fraction of sp³-hybridized carbons (Fsp3) is 0.474. The van der Waals surface area contributed by atoms with Crippen LogP contribution in [0.25, 0.3) is 0 Å². The van der Waals surface area contributed by atoms with E-state index in [-0.39, 0.29) is 10.5 Å². The zero-order valence-corrected chi connectivity index (χ0v) is 18.1. The molecular weight excluding hydrogens is 400 g/mol. The Labute approximate surface area is 171 Å². The predicted molar refractivity (Wildman–Crippen MR) is 110 cm³/mol. The smallest absolute Gasteiger partial charge is 0.243 e. The van der Waals surface area contributed by atoms with Gasteiger partial charge in [0.25, 0.3) is 0 Å². The van der Waals surface area contributed by atoms with Crippen molar-refractivity contribution in [2.75, 3.05) is 31.1 Å². The summed E-state index contributed by atoms with van der Waals surface area (Å²) in [5.41, 5.74) is 0.444. The first-order valence-corrected chi connectivity index (χ1v) is 10.9. The second-order valence-electron chi connectivity index (χ2n) is 7.71. The van der Waals surface area contributed by atoms with Gasteiger partial charge in [-0.15, -0.1) is 0 Å². The molecule has 0 unspecified atom stereocenters. The van der Waals surface area contributed by atoms with Crippen molar-refractivity contribution in [2.45, 2.75) is 38.2 Å². The maximum Gasteiger partial charge on any atom is 0.243 e. The van der Waals surface area contributed by atoms with Gasteiger partial charge in [-0.05, 0) is 58.0 Å². The van der Waals surface area contributed by atoms with Crippen LogP contribution >= 0.6 is 11.6 Å². The summed E-state index contributed by atoms with van der Waals surface area (Å²) in [5.74, 6) is 1.18. The lowest BCUT2D eigenvalue weighted by Gasteiger charge is -2.34. The Hall–Kier alpha value is -1.90. The molecule has 0 atom stereocenters. The number of benzene rings is 1. The summed E-state index contributed by atoms with van der Waals surface area (Å²) in [7, 11) is -3.56. The summed E-state index contributed by atoms with van der Waals surface area (Å²) >= 11 is 6.01. The first-order chi connectivity index (χ1) is 13.0. The van der Waals surface area contributed by atoms with Gasteiger partial charge in [-0.25, -0.2) is 18.4 Å². The lowest BCUT2D eigenvalue weighted by molar-refractivity contribution is 0.131. The number of sulfonamides is 1. The highest BCUT2D eigenvalue weighted by molar-refractivity contribution is 7.89. The molecule has 1 aliphatic rings. The fourth-order valence-electron chi connectivity index (χ4n) is 2.97. The Morgan fingerprint density at radius 3 is 2.18 bits per heavy atom. The van der Waals surface area contributed by atoms with E-state index < -0.39 is 10.0 Å². The second-order valence-corrected chi connectivity index (χ2v) is 10.0. The minimum absolute atomic E-state index is 0.261. The summed E-state index contributed by atoms with van der Waals surface area (Å²) in [6, 6.07) is 8.26. The van der Waals surface area contributed by atoms with Crippen molar-refractivity contribution in [1.29, 1.82) is 0 Å². The highest BCUT2D eigenvalue weighted by Gasteiger charge is 2.29. The van der Waals surface area contributed by atoms with Crippen molar-refractivity contribution < 1.29 is 13.2 Å². The van der Waals surface area contributed by atoms with Gasteiger partial charge in [-0.3, -0.25) is 0 Å². The highest BCUT2D eigenvalue weighted by Crippen LogP contribution is 2.24. The second kappa shape index (κ2) is 7.85. The molecule has 1 fully saturated rings. The molecule has 2 aromatic rings. The Morgan fingerprint density at radius 2 is 1.64 bits per heavy atom. The number of aromatic nitrogens is 2. The van der Waals surface area contributed by atoms with Crippen LogP contribution in [0.3, 0.4) is 0 Å². The third kappa shape index (κ3) is 4.92. The average molecular weight is 425 g/mol. The van der Waals surface area contributed by atoms with Gasteiger partial charge in [0, 0.05) is 31.9 Å². The molecule has 1 aliphatic heterocycles. The summed E-state index contributed by atoms with van der Waals surface area (Å²) in [5, 5.41) is 0.384. The molecule has 0 amide bonds. The monoisotopic (exact) mass is 424 g/mol. The van der Waals surface area contributed by atoms with Crippen molar-refractivity contribution in [3.63, 3.8) is 0 Å². The van der Waals surface area contributed by atoms with Crippen LogP contribution in [0.1, 0.15) is 26.5 Å². The Bertz CT molecular complexity index is 914. The maximum atomic E-state index is 12.9. The van der Waals surface area contributed by atoms with E-state index in [0.717, 1.165) is 5.69 Å². The molecule has 1 saturated heterocycles. The number of halogens is 1. The van der Waals surface area contributed by atoms with Crippen LogP contribution < -0.4 is 9.64 Å². The molecule has 3 rings (SSSR count). The van der Waals surface area contributed by atoms with Crippen LogP contribution in [0.5, 0.6) is 5.75 Å². The lowest BCUT2D eigenvalue weighted by atomic mass is 10.2. The number of rotatable bonds is 4. The molecule has 28 heavy (non-hydrogen) atoms. The minimum Gasteiger partial charge on any atom is -0.488 e. The van der Waals surface area contributed by atoms with E-state index in [1.165, 1.54) is 4.31 Å². The summed E-state index contributed by atoms with van der Waals surface area (Å²) < 4.78 is 33.1. The molecule has 0 bridgehead atoms. The van der Waals surface area contributed by atoms with Crippen molar-refractivity contribution >= 4 is 27.6 Å². The number of hydrogen-bond acceptors (Lipinski definition) is 6. The zero-order valence-electron chi connectivity index (χ0n) is 16.5. The van der Waals surface area contributed by atoms with Crippen LogP contribution in [0, 0.1) is 6.92 Å². The van der Waals surface area contributed by atoms with Gasteiger partial charge in [-0.2, -0.15) is 4.31 Å². The number of piperazine rings is 1. The van der Waals surface area contributed by atoms with E-state index in [0.29, 0.717) is 43.0 Å². The van der Waals surface area contributed by atoms with Crippen molar-refractivity contribution in [1.82, 2.24) is 14.3 Å². The third-order valence-corrected chi connectivity index (χ3v) is 6.32. The highest BCUT2D eigenvalue weighted by atomic mass is 35.5. The molecule has 2 heterocycles. The Morgan fingerprint density at radius 1 is 1.04 bits per heavy atom. The molecule has 0 saturated carbocycles. The number of aryl methyl sites for hydroxylation is 1. The van der Waals surface area contributed by atoms with Crippen molar-refractivity contribution in [2.24, 2.45) is 0 Å². The molecule has 9 heteroatoms. The van der Waals surface area contributed by atoms with Crippen molar-refractivity contribution in [3.05, 3.63) is 41.2 Å². The van der Waals surface area contributed by atoms with Gasteiger partial charge in [0.05, 0.1) is 4.90 Å². The summed E-state index contributed by atoms with van der Waals surface area (Å²) in [4.78, 5) is 10.8. The maximum absolute atomic E-state index is 12.9. The Kier molecular flexibility index (Phi) is 5.84. The van der Waals surface area contributed by atoms with Crippen LogP contribution in [0.2, 0.25) is 5.15 Å². The van der Waals surface area contributed by atoms with E-state index in [2.05, 4.69) is 9.97 Å². The molecular formula is C19H25ClN4O3S. The van der Waals surface area contributed by atoms with Gasteiger partial charge in [-0.1, -0.05) is 11.6 Å². The van der Waals surface area contributed by atoms with Crippen LogP contribution in [0.4, 0.5) is 5.95 Å². The fourth-order valence-corrected chi connectivity index (χ4v) is 4.62. The molecule has 7 nitrogen and oxygen atoms in total. The van der Waals surface area contributed by atoms with E-state index in [4.69, 9.17) is 16.3 Å². The number of anilines is 1. The van der Waals surface area contributed by atoms with E-state index in [9.17, 15) is 8.42 Å². The molecule has 0 radical (unpaired) electrons. The van der Waals surface area contributed by atoms with E-state index >= 15 is 0 Å². The number of nitrogens with zero attached hydrogens (tertiary/aromatic N) is 4. The van der Waals surface area contributed by atoms with Gasteiger partial charge in [0.1, 0.15) is 16.5 Å². The number of ether oxygens (including phenoxy) is 1. The molecule has 0 aliphatic carbocycles. The lowest BCUT2D eigenvalue weighted by Crippen LogP contribution is -2.49. The summed E-state index contributed by atoms with van der Waals surface area (Å²) in [6.07, 6.45) is 0. The summed E-state index contributed by atoms with van der Waals surface area (Å²) in [6.45, 7) is 9.42. The molecule has 152 valence electrons. The van der Waals surface area contributed by atoms with Gasteiger partial charge < -0.3 is 9.64 Å². The minimum atomic E-state index is -3.56. The van der Waals surface area contributed by atoms with E-state index in [1.54, 1.807) is 30.3 Å². The van der Waals surface area contributed by atoms with Crippen molar-refractivity contribution in [3.8, 4) is 5.75 Å². The van der Waals surface area contributed by atoms with E-state index in [1.807, 2.05) is 32.6 Å². The quantitative estimate of drug-likeness (QED) is 0.702. The molecule has 0 N–H and O–H groups in total. The van der Waals surface area contributed by atoms with Gasteiger partial charge in [0.2, 0.25) is 16.0 Å². The predicted octanol–water partition coefficient (Wildman–Crippen LogP) is 3.13. The van der Waals surface area contributed by atoms with Gasteiger partial charge >= 0.3 is 0 Å². The first kappa shape index (κ1) is 20.8. The largest absolute Gasteiger partial charge is 0.488 e. The topological polar surface area (TPSA) is 75.6 Å².